The van der Waals surface area contributed by atoms with Crippen LogP contribution >= 0.6 is 0 Å². The number of rotatable bonds is 7. The molecule has 142 valence electrons. The molecule has 2 heterocycles. The molecule has 1 atom stereocenters. The van der Waals surface area contributed by atoms with Gasteiger partial charge in [0.2, 0.25) is 11.8 Å². The molecule has 2 aliphatic rings. The normalized spacial score (nSPS) is 21.6. The first-order chi connectivity index (χ1) is 12.1. The van der Waals surface area contributed by atoms with Crippen LogP contribution in [-0.2, 0) is 9.59 Å². The fraction of sp³-hybridized carbons (Fsp3) is 0.833. The van der Waals surface area contributed by atoms with Crippen LogP contribution < -0.4 is 16.0 Å². The van der Waals surface area contributed by atoms with Crippen LogP contribution in [0.15, 0.2) is 0 Å². The van der Waals surface area contributed by atoms with Gasteiger partial charge in [-0.1, -0.05) is 12.8 Å². The number of carbonyl (C=O) groups is 3. The first-order valence-electron chi connectivity index (χ1n) is 9.67. The number of carbonyl (C=O) groups excluding carboxylic acids is 3. The van der Waals surface area contributed by atoms with Crippen LogP contribution in [0.2, 0.25) is 0 Å². The van der Waals surface area contributed by atoms with Gasteiger partial charge >= 0.3 is 6.03 Å². The van der Waals surface area contributed by atoms with Crippen LogP contribution in [0.3, 0.4) is 0 Å². The maximum atomic E-state index is 12.5. The number of amides is 4. The molecule has 7 heteroatoms. The predicted molar refractivity (Wildman–Crippen MR) is 96.0 cm³/mol. The molecule has 0 radical (unpaired) electrons. The number of urea groups is 1. The molecule has 0 aliphatic carbocycles. The Labute approximate surface area is 150 Å². The molecule has 2 fully saturated rings. The lowest BCUT2D eigenvalue weighted by atomic mass is 9.89. The van der Waals surface area contributed by atoms with Gasteiger partial charge in [-0.2, -0.15) is 0 Å². The van der Waals surface area contributed by atoms with E-state index < -0.39 is 0 Å². The third kappa shape index (κ3) is 6.55. The van der Waals surface area contributed by atoms with E-state index in [4.69, 9.17) is 0 Å². The Balaban J connectivity index is 1.57. The van der Waals surface area contributed by atoms with E-state index in [1.807, 2.05) is 11.8 Å². The molecular weight excluding hydrogens is 320 g/mol. The average Bonchev–Trinajstić information content (AvgIpc) is 2.61. The minimum absolute atomic E-state index is 0.000661. The highest BCUT2D eigenvalue weighted by atomic mass is 16.2. The molecule has 0 spiro atoms. The van der Waals surface area contributed by atoms with Gasteiger partial charge in [-0.05, 0) is 38.5 Å². The Hall–Kier alpha value is -1.79. The van der Waals surface area contributed by atoms with E-state index in [1.54, 1.807) is 0 Å². The number of nitrogens with one attached hydrogen (secondary N) is 3. The van der Waals surface area contributed by atoms with Gasteiger partial charge in [-0.3, -0.25) is 9.59 Å². The summed E-state index contributed by atoms with van der Waals surface area (Å²) in [5.41, 5.74) is 0. The number of hydrogen-bond donors (Lipinski definition) is 3. The van der Waals surface area contributed by atoms with Gasteiger partial charge in [0, 0.05) is 45.1 Å². The summed E-state index contributed by atoms with van der Waals surface area (Å²) >= 11 is 0. The van der Waals surface area contributed by atoms with Crippen LogP contribution in [0.1, 0.15) is 51.9 Å². The van der Waals surface area contributed by atoms with Gasteiger partial charge in [0.25, 0.3) is 0 Å². The lowest BCUT2D eigenvalue weighted by Crippen LogP contribution is -2.46. The van der Waals surface area contributed by atoms with Crippen LogP contribution in [0.5, 0.6) is 0 Å². The minimum Gasteiger partial charge on any atom is -0.356 e. The molecule has 4 amide bonds. The lowest BCUT2D eigenvalue weighted by Gasteiger charge is -2.35. The summed E-state index contributed by atoms with van der Waals surface area (Å²) in [4.78, 5) is 37.2. The first-order valence-corrected chi connectivity index (χ1v) is 9.67. The van der Waals surface area contributed by atoms with Crippen molar-refractivity contribution in [1.29, 1.82) is 0 Å². The maximum absolute atomic E-state index is 12.5. The van der Waals surface area contributed by atoms with E-state index in [1.165, 1.54) is 0 Å². The molecule has 2 aliphatic heterocycles. The zero-order valence-corrected chi connectivity index (χ0v) is 15.3. The second-order valence-corrected chi connectivity index (χ2v) is 7.09. The Morgan fingerprint density at radius 3 is 2.60 bits per heavy atom. The van der Waals surface area contributed by atoms with Crippen molar-refractivity contribution in [2.75, 3.05) is 32.7 Å². The fourth-order valence-electron chi connectivity index (χ4n) is 3.68. The molecule has 2 saturated heterocycles. The fourth-order valence-corrected chi connectivity index (χ4v) is 3.68. The van der Waals surface area contributed by atoms with Crippen molar-refractivity contribution in [1.82, 2.24) is 20.9 Å². The molecule has 1 unspecified atom stereocenters. The molecule has 0 aromatic carbocycles. The van der Waals surface area contributed by atoms with Crippen molar-refractivity contribution in [3.05, 3.63) is 0 Å². The molecule has 25 heavy (non-hydrogen) atoms. The number of unbranched alkanes of at least 4 members (excludes halogenated alkanes) is 1. The summed E-state index contributed by atoms with van der Waals surface area (Å²) in [7, 11) is 0. The Kier molecular flexibility index (Phi) is 8.01. The highest BCUT2D eigenvalue weighted by molar-refractivity contribution is 5.87. The SMILES string of the molecule is CCNC(=O)NCCCCC1CCN(C(=O)C2CCNC(=O)C2)CC1. The lowest BCUT2D eigenvalue weighted by molar-refractivity contribution is -0.141. The van der Waals surface area contributed by atoms with E-state index in [-0.39, 0.29) is 23.8 Å². The number of nitrogens with zero attached hydrogens (tertiary/aromatic N) is 1. The highest BCUT2D eigenvalue weighted by Gasteiger charge is 2.31. The van der Waals surface area contributed by atoms with Crippen molar-refractivity contribution >= 4 is 17.8 Å². The van der Waals surface area contributed by atoms with Crippen LogP contribution in [-0.4, -0.2) is 55.5 Å². The number of likely N-dealkylation sites (tertiary alicyclic amines) is 1. The zero-order valence-electron chi connectivity index (χ0n) is 15.3. The smallest absolute Gasteiger partial charge is 0.314 e. The molecule has 0 saturated carbocycles. The maximum Gasteiger partial charge on any atom is 0.314 e. The molecule has 0 bridgehead atoms. The summed E-state index contributed by atoms with van der Waals surface area (Å²) in [5, 5.41) is 8.35. The van der Waals surface area contributed by atoms with Gasteiger partial charge in [-0.25, -0.2) is 4.79 Å². The van der Waals surface area contributed by atoms with E-state index in [2.05, 4.69) is 16.0 Å². The van der Waals surface area contributed by atoms with Gasteiger partial charge in [0.05, 0.1) is 0 Å². The quantitative estimate of drug-likeness (QED) is 0.602. The highest BCUT2D eigenvalue weighted by Crippen LogP contribution is 2.25. The Bertz CT molecular complexity index is 461. The van der Waals surface area contributed by atoms with Crippen molar-refractivity contribution < 1.29 is 14.4 Å². The van der Waals surface area contributed by atoms with Crippen LogP contribution in [0.4, 0.5) is 4.79 Å². The molecule has 0 aromatic heterocycles. The Morgan fingerprint density at radius 1 is 1.16 bits per heavy atom. The van der Waals surface area contributed by atoms with E-state index in [0.717, 1.165) is 51.6 Å². The van der Waals surface area contributed by atoms with Gasteiger partial charge in [0.1, 0.15) is 0 Å². The summed E-state index contributed by atoms with van der Waals surface area (Å²) in [6, 6.07) is -0.0919. The molecular formula is C18H32N4O3. The monoisotopic (exact) mass is 352 g/mol. The van der Waals surface area contributed by atoms with Gasteiger partial charge in [-0.15, -0.1) is 0 Å². The molecule has 7 nitrogen and oxygen atoms in total. The second kappa shape index (κ2) is 10.3. The summed E-state index contributed by atoms with van der Waals surface area (Å²) in [6.07, 6.45) is 6.47. The average molecular weight is 352 g/mol. The number of piperidine rings is 2. The van der Waals surface area contributed by atoms with Crippen LogP contribution in [0, 0.1) is 11.8 Å². The third-order valence-corrected chi connectivity index (χ3v) is 5.18. The summed E-state index contributed by atoms with van der Waals surface area (Å²) in [6.45, 7) is 5.52. The van der Waals surface area contributed by atoms with Crippen molar-refractivity contribution in [2.45, 2.75) is 51.9 Å². The molecule has 3 N–H and O–H groups in total. The van der Waals surface area contributed by atoms with Crippen molar-refractivity contribution in [3.63, 3.8) is 0 Å². The van der Waals surface area contributed by atoms with E-state index in [0.29, 0.717) is 32.0 Å². The largest absolute Gasteiger partial charge is 0.356 e. The van der Waals surface area contributed by atoms with E-state index in [9.17, 15) is 14.4 Å². The van der Waals surface area contributed by atoms with Gasteiger partial charge < -0.3 is 20.9 Å². The second-order valence-electron chi connectivity index (χ2n) is 7.09. The molecule has 2 rings (SSSR count). The Morgan fingerprint density at radius 2 is 1.92 bits per heavy atom. The molecule has 0 aromatic rings. The summed E-state index contributed by atoms with van der Waals surface area (Å²) in [5.74, 6) is 0.717. The standard InChI is InChI=1S/C18H32N4O3/c1-2-19-18(25)21-9-4-3-5-14-7-11-22(12-8-14)17(24)15-6-10-20-16(23)13-15/h14-15H,2-13H2,1H3,(H,20,23)(H2,19,21,25). The zero-order chi connectivity index (χ0) is 18.1. The van der Waals surface area contributed by atoms with E-state index >= 15 is 0 Å². The topological polar surface area (TPSA) is 90.5 Å². The van der Waals surface area contributed by atoms with Crippen LogP contribution in [0.25, 0.3) is 0 Å². The first kappa shape index (κ1) is 19.5. The summed E-state index contributed by atoms with van der Waals surface area (Å²) < 4.78 is 0. The predicted octanol–water partition coefficient (Wildman–Crippen LogP) is 1.24. The van der Waals surface area contributed by atoms with Crippen molar-refractivity contribution in [2.24, 2.45) is 11.8 Å². The van der Waals surface area contributed by atoms with Gasteiger partial charge in [0.15, 0.2) is 0 Å². The van der Waals surface area contributed by atoms with Crippen molar-refractivity contribution in [3.8, 4) is 0 Å². The minimum atomic E-state index is -0.120. The third-order valence-electron chi connectivity index (χ3n) is 5.18. The number of hydrogen-bond acceptors (Lipinski definition) is 3.